The summed E-state index contributed by atoms with van der Waals surface area (Å²) in [5.41, 5.74) is 2.47. The van der Waals surface area contributed by atoms with Crippen LogP contribution in [0, 0.1) is 11.8 Å². The van der Waals surface area contributed by atoms with Gasteiger partial charge in [-0.15, -0.1) is 0 Å². The molecule has 4 rings (SSSR count). The molecule has 0 saturated heterocycles. The Hall–Kier alpha value is -3.54. The van der Waals surface area contributed by atoms with Gasteiger partial charge in [-0.3, -0.25) is 9.59 Å². The van der Waals surface area contributed by atoms with E-state index in [1.54, 1.807) is 30.3 Å². The van der Waals surface area contributed by atoms with Crippen molar-refractivity contribution in [2.45, 2.75) is 25.8 Å². The zero-order valence-electron chi connectivity index (χ0n) is 18.1. The Kier molecular flexibility index (Phi) is 6.59. The summed E-state index contributed by atoms with van der Waals surface area (Å²) >= 11 is 0. The molecule has 1 N–H and O–H groups in total. The molecule has 6 heteroatoms. The van der Waals surface area contributed by atoms with E-state index in [1.165, 1.54) is 0 Å². The number of rotatable bonds is 10. The van der Waals surface area contributed by atoms with Crippen molar-refractivity contribution in [2.24, 2.45) is 11.8 Å². The molecular formula is C26H27NO5. The van der Waals surface area contributed by atoms with Crippen molar-refractivity contribution in [3.63, 3.8) is 0 Å². The van der Waals surface area contributed by atoms with Gasteiger partial charge >= 0.3 is 5.97 Å². The van der Waals surface area contributed by atoms with Gasteiger partial charge in [0.1, 0.15) is 11.5 Å². The first kappa shape index (κ1) is 21.7. The molecule has 2 atom stereocenters. The van der Waals surface area contributed by atoms with Crippen LogP contribution in [-0.2, 0) is 11.3 Å². The largest absolute Gasteiger partial charge is 0.493 e. The highest BCUT2D eigenvalue weighted by molar-refractivity contribution is 5.94. The first-order valence-electron chi connectivity index (χ1n) is 10.9. The number of hydrogen-bond donors (Lipinski definition) is 1. The summed E-state index contributed by atoms with van der Waals surface area (Å²) < 4.78 is 11.4. The number of carboxylic acid groups (broad SMARTS) is 1. The highest BCUT2D eigenvalue weighted by Crippen LogP contribution is 2.42. The van der Waals surface area contributed by atoms with Crippen molar-refractivity contribution >= 4 is 11.9 Å². The Bertz CT molecular complexity index is 1060. The number of carbonyl (C=O) groups is 2. The summed E-state index contributed by atoms with van der Waals surface area (Å²) in [5, 5.41) is 8.99. The monoisotopic (exact) mass is 433 g/mol. The quantitative estimate of drug-likeness (QED) is 0.450. The lowest BCUT2D eigenvalue weighted by molar-refractivity contribution is -0.138. The van der Waals surface area contributed by atoms with Crippen LogP contribution < -0.4 is 4.74 Å². The number of furan rings is 1. The van der Waals surface area contributed by atoms with Crippen molar-refractivity contribution in [1.82, 2.24) is 4.90 Å². The second kappa shape index (κ2) is 9.73. The molecule has 6 nitrogen and oxygen atoms in total. The molecule has 1 heterocycles. The lowest BCUT2D eigenvalue weighted by Gasteiger charge is -2.19. The molecule has 0 bridgehead atoms. The van der Waals surface area contributed by atoms with Crippen LogP contribution >= 0.6 is 0 Å². The smallest absolute Gasteiger partial charge is 0.306 e. The topological polar surface area (TPSA) is 80.0 Å². The first-order valence-corrected chi connectivity index (χ1v) is 10.9. The van der Waals surface area contributed by atoms with E-state index in [4.69, 9.17) is 14.3 Å². The minimum atomic E-state index is -0.690. The number of amides is 1. The van der Waals surface area contributed by atoms with E-state index < -0.39 is 5.97 Å². The van der Waals surface area contributed by atoms with E-state index in [-0.39, 0.29) is 17.7 Å². The summed E-state index contributed by atoms with van der Waals surface area (Å²) in [6.45, 7) is 0.963. The molecule has 0 unspecified atom stereocenters. The molecule has 0 aliphatic heterocycles. The number of hydrogen-bond acceptors (Lipinski definition) is 4. The van der Waals surface area contributed by atoms with Crippen LogP contribution in [-0.4, -0.2) is 35.5 Å². The second-order valence-electron chi connectivity index (χ2n) is 8.25. The zero-order chi connectivity index (χ0) is 22.5. The molecule has 2 aromatic carbocycles. The molecule has 1 aliphatic carbocycles. The maximum absolute atomic E-state index is 12.9. The van der Waals surface area contributed by atoms with E-state index in [0.717, 1.165) is 41.9 Å². The Morgan fingerprint density at radius 2 is 1.88 bits per heavy atom. The van der Waals surface area contributed by atoms with Gasteiger partial charge in [-0.05, 0) is 55.5 Å². The number of carboxylic acids is 1. The van der Waals surface area contributed by atoms with Gasteiger partial charge in [0.05, 0.1) is 18.8 Å². The summed E-state index contributed by atoms with van der Waals surface area (Å²) in [4.78, 5) is 25.5. The molecular weight excluding hydrogens is 406 g/mol. The minimum Gasteiger partial charge on any atom is -0.493 e. The molecule has 32 heavy (non-hydrogen) atoms. The third-order valence-electron chi connectivity index (χ3n) is 5.88. The fourth-order valence-electron chi connectivity index (χ4n) is 3.94. The standard InChI is InChI=1S/C26H27NO5/c1-27(25(28)19-12-10-18(11-13-19)23-9-5-15-31-23)17-21-6-2-3-8-24(21)32-14-4-7-20-16-22(20)26(29)30/h2-3,5-6,8-13,15,20,22H,4,7,14,16-17H2,1H3,(H,29,30)/t20-,22+/m0/s1. The predicted molar refractivity (Wildman–Crippen MR) is 120 cm³/mol. The molecule has 1 aliphatic rings. The first-order chi connectivity index (χ1) is 15.5. The van der Waals surface area contributed by atoms with Gasteiger partial charge < -0.3 is 19.2 Å². The van der Waals surface area contributed by atoms with Crippen LogP contribution in [0.25, 0.3) is 11.3 Å². The lowest BCUT2D eigenvalue weighted by atomic mass is 10.1. The minimum absolute atomic E-state index is 0.0701. The lowest BCUT2D eigenvalue weighted by Crippen LogP contribution is -2.26. The van der Waals surface area contributed by atoms with Crippen LogP contribution in [0.5, 0.6) is 5.75 Å². The van der Waals surface area contributed by atoms with Gasteiger partial charge in [0.2, 0.25) is 0 Å². The van der Waals surface area contributed by atoms with Gasteiger partial charge in [0.15, 0.2) is 0 Å². The van der Waals surface area contributed by atoms with Crippen LogP contribution in [0.15, 0.2) is 71.3 Å². The molecule has 1 amide bonds. The van der Waals surface area contributed by atoms with Crippen LogP contribution in [0.1, 0.15) is 35.2 Å². The van der Waals surface area contributed by atoms with Crippen LogP contribution in [0.3, 0.4) is 0 Å². The normalized spacial score (nSPS) is 17.0. The summed E-state index contributed by atoms with van der Waals surface area (Å²) in [5.74, 6) is 0.877. The summed E-state index contributed by atoms with van der Waals surface area (Å²) in [6, 6.07) is 18.8. The average molecular weight is 434 g/mol. The number of nitrogens with zero attached hydrogens (tertiary/aromatic N) is 1. The van der Waals surface area contributed by atoms with Crippen molar-refractivity contribution in [2.75, 3.05) is 13.7 Å². The third kappa shape index (κ3) is 5.19. The maximum Gasteiger partial charge on any atom is 0.306 e. The summed E-state index contributed by atoms with van der Waals surface area (Å²) in [6.07, 6.45) is 4.09. The average Bonchev–Trinajstić information content (AvgIpc) is 3.38. The van der Waals surface area contributed by atoms with E-state index in [0.29, 0.717) is 18.7 Å². The number of ether oxygens (including phenoxy) is 1. The van der Waals surface area contributed by atoms with E-state index in [2.05, 4.69) is 0 Å². The fraction of sp³-hybridized carbons (Fsp3) is 0.308. The highest BCUT2D eigenvalue weighted by atomic mass is 16.5. The molecule has 0 spiro atoms. The van der Waals surface area contributed by atoms with Gasteiger partial charge in [-0.25, -0.2) is 0 Å². The van der Waals surface area contributed by atoms with Crippen molar-refractivity contribution < 1.29 is 23.8 Å². The van der Waals surface area contributed by atoms with Crippen molar-refractivity contribution in [1.29, 1.82) is 0 Å². The number of carbonyl (C=O) groups excluding carboxylic acids is 1. The zero-order valence-corrected chi connectivity index (χ0v) is 18.1. The molecule has 3 aromatic rings. The van der Waals surface area contributed by atoms with Gasteiger partial charge in [0.25, 0.3) is 5.91 Å². The van der Waals surface area contributed by atoms with Gasteiger partial charge in [-0.2, -0.15) is 0 Å². The van der Waals surface area contributed by atoms with Gasteiger partial charge in [0, 0.05) is 30.3 Å². The third-order valence-corrected chi connectivity index (χ3v) is 5.88. The Labute approximate surface area is 187 Å². The highest BCUT2D eigenvalue weighted by Gasteiger charge is 2.42. The van der Waals surface area contributed by atoms with E-state index >= 15 is 0 Å². The second-order valence-corrected chi connectivity index (χ2v) is 8.25. The van der Waals surface area contributed by atoms with Crippen molar-refractivity contribution in [3.05, 3.63) is 78.1 Å². The number of para-hydroxylation sites is 1. The fourth-order valence-corrected chi connectivity index (χ4v) is 3.94. The molecule has 166 valence electrons. The summed E-state index contributed by atoms with van der Waals surface area (Å²) in [7, 11) is 1.78. The SMILES string of the molecule is CN(Cc1ccccc1OCCC[C@H]1C[C@H]1C(=O)O)C(=O)c1ccc(-c2ccco2)cc1. The molecule has 1 aromatic heterocycles. The predicted octanol–water partition coefficient (Wildman–Crippen LogP) is 5.10. The number of benzene rings is 2. The maximum atomic E-state index is 12.9. The van der Waals surface area contributed by atoms with E-state index in [9.17, 15) is 9.59 Å². The van der Waals surface area contributed by atoms with E-state index in [1.807, 2.05) is 48.5 Å². The van der Waals surface area contributed by atoms with Gasteiger partial charge in [-0.1, -0.05) is 30.3 Å². The number of aliphatic carboxylic acids is 1. The Morgan fingerprint density at radius 1 is 1.09 bits per heavy atom. The Morgan fingerprint density at radius 3 is 2.56 bits per heavy atom. The molecule has 0 radical (unpaired) electrons. The van der Waals surface area contributed by atoms with Crippen molar-refractivity contribution in [3.8, 4) is 17.1 Å². The van der Waals surface area contributed by atoms with Crippen LogP contribution in [0.2, 0.25) is 0 Å². The molecule has 1 saturated carbocycles. The molecule has 1 fully saturated rings. The Balaban J connectivity index is 1.31. The van der Waals surface area contributed by atoms with Crippen LogP contribution in [0.4, 0.5) is 0 Å².